The van der Waals surface area contributed by atoms with Crippen LogP contribution >= 0.6 is 0 Å². The first-order chi connectivity index (χ1) is 7.22. The van der Waals surface area contributed by atoms with Crippen LogP contribution in [0.5, 0.6) is 11.5 Å². The predicted molar refractivity (Wildman–Crippen MR) is 51.1 cm³/mol. The average Bonchev–Trinajstić information content (AvgIpc) is 3.01. The highest BCUT2D eigenvalue weighted by atomic mass is 16.6. The Labute approximate surface area is 86.0 Å². The first kappa shape index (κ1) is 9.70. The second-order valence-electron chi connectivity index (χ2n) is 3.26. The summed E-state index contributed by atoms with van der Waals surface area (Å²) in [5.74, 6) is 0.483. The van der Waals surface area contributed by atoms with Crippen LogP contribution in [0, 0.1) is 10.1 Å². The molecule has 0 aromatic carbocycles. The van der Waals surface area contributed by atoms with Crippen molar-refractivity contribution in [1.82, 2.24) is 4.98 Å². The van der Waals surface area contributed by atoms with E-state index in [1.165, 1.54) is 13.3 Å². The highest BCUT2D eigenvalue weighted by Gasteiger charge is 2.28. The largest absolute Gasteiger partial charge is 0.487 e. The molecule has 6 nitrogen and oxygen atoms in total. The summed E-state index contributed by atoms with van der Waals surface area (Å²) in [4.78, 5) is 13.9. The molecule has 0 aliphatic heterocycles. The monoisotopic (exact) mass is 210 g/mol. The van der Waals surface area contributed by atoms with Crippen LogP contribution in [0.2, 0.25) is 0 Å². The van der Waals surface area contributed by atoms with Crippen LogP contribution in [-0.4, -0.2) is 23.1 Å². The zero-order valence-electron chi connectivity index (χ0n) is 8.17. The number of ether oxygens (including phenoxy) is 2. The smallest absolute Gasteiger partial charge is 0.332 e. The van der Waals surface area contributed by atoms with Crippen molar-refractivity contribution in [1.29, 1.82) is 0 Å². The van der Waals surface area contributed by atoms with Crippen molar-refractivity contribution in [3.05, 3.63) is 22.5 Å². The van der Waals surface area contributed by atoms with Crippen molar-refractivity contribution in [2.75, 3.05) is 7.11 Å². The predicted octanol–water partition coefficient (Wildman–Crippen LogP) is 1.54. The molecular weight excluding hydrogens is 200 g/mol. The second-order valence-corrected chi connectivity index (χ2v) is 3.26. The number of methoxy groups -OCH3 is 1. The SMILES string of the molecule is COc1c(OC2CC2)cncc1[N+](=O)[O-]. The molecule has 1 aromatic heterocycles. The van der Waals surface area contributed by atoms with Crippen molar-refractivity contribution < 1.29 is 14.4 Å². The zero-order chi connectivity index (χ0) is 10.8. The Balaban J connectivity index is 2.34. The highest BCUT2D eigenvalue weighted by Crippen LogP contribution is 2.38. The summed E-state index contributed by atoms with van der Waals surface area (Å²) >= 11 is 0. The Hall–Kier alpha value is -1.85. The molecule has 6 heteroatoms. The van der Waals surface area contributed by atoms with Gasteiger partial charge in [0, 0.05) is 0 Å². The van der Waals surface area contributed by atoms with Crippen LogP contribution in [0.15, 0.2) is 12.4 Å². The fourth-order valence-corrected chi connectivity index (χ4v) is 1.20. The molecule has 1 aliphatic rings. The van der Waals surface area contributed by atoms with Gasteiger partial charge in [-0.3, -0.25) is 15.1 Å². The van der Waals surface area contributed by atoms with E-state index in [2.05, 4.69) is 4.98 Å². The minimum atomic E-state index is -0.536. The fraction of sp³-hybridized carbons (Fsp3) is 0.444. The van der Waals surface area contributed by atoms with Gasteiger partial charge in [0.05, 0.1) is 24.3 Å². The van der Waals surface area contributed by atoms with E-state index in [9.17, 15) is 10.1 Å². The third kappa shape index (κ3) is 1.98. The maximum absolute atomic E-state index is 10.7. The molecule has 2 rings (SSSR count). The number of aromatic nitrogens is 1. The summed E-state index contributed by atoms with van der Waals surface area (Å²) in [6.07, 6.45) is 4.70. The molecule has 1 saturated carbocycles. The number of hydrogen-bond acceptors (Lipinski definition) is 5. The third-order valence-corrected chi connectivity index (χ3v) is 2.06. The van der Waals surface area contributed by atoms with Gasteiger partial charge in [-0.2, -0.15) is 0 Å². The van der Waals surface area contributed by atoms with Crippen molar-refractivity contribution in [2.45, 2.75) is 18.9 Å². The van der Waals surface area contributed by atoms with Crippen LogP contribution in [0.1, 0.15) is 12.8 Å². The lowest BCUT2D eigenvalue weighted by Gasteiger charge is -2.08. The molecule has 1 heterocycles. The zero-order valence-corrected chi connectivity index (χ0v) is 8.17. The summed E-state index contributed by atoms with van der Waals surface area (Å²) < 4.78 is 10.4. The van der Waals surface area contributed by atoms with Crippen molar-refractivity contribution in [3.63, 3.8) is 0 Å². The van der Waals surface area contributed by atoms with E-state index in [1.807, 2.05) is 0 Å². The molecule has 15 heavy (non-hydrogen) atoms. The molecule has 0 amide bonds. The van der Waals surface area contributed by atoms with Crippen molar-refractivity contribution >= 4 is 5.69 Å². The summed E-state index contributed by atoms with van der Waals surface area (Å²) in [7, 11) is 1.38. The van der Waals surface area contributed by atoms with Crippen molar-refractivity contribution in [3.8, 4) is 11.5 Å². The number of nitro groups is 1. The van der Waals surface area contributed by atoms with Gasteiger partial charge in [0.15, 0.2) is 5.75 Å². The molecule has 0 N–H and O–H groups in total. The van der Waals surface area contributed by atoms with Gasteiger partial charge in [-0.05, 0) is 12.8 Å². The molecule has 1 aliphatic carbocycles. The number of nitrogens with zero attached hydrogens (tertiary/aromatic N) is 2. The van der Waals surface area contributed by atoms with Gasteiger partial charge in [0.25, 0.3) is 0 Å². The molecule has 1 aromatic rings. The van der Waals surface area contributed by atoms with Gasteiger partial charge in [-0.15, -0.1) is 0 Å². The van der Waals surface area contributed by atoms with Gasteiger partial charge in [-0.25, -0.2) is 0 Å². The number of hydrogen-bond donors (Lipinski definition) is 0. The summed E-state index contributed by atoms with van der Waals surface area (Å²) in [5.41, 5.74) is -0.171. The Morgan fingerprint density at radius 3 is 2.80 bits per heavy atom. The fourth-order valence-electron chi connectivity index (χ4n) is 1.20. The lowest BCUT2D eigenvalue weighted by atomic mass is 10.3. The Morgan fingerprint density at radius 2 is 2.27 bits per heavy atom. The second kappa shape index (κ2) is 3.72. The minimum Gasteiger partial charge on any atom is -0.487 e. The van der Waals surface area contributed by atoms with E-state index in [1.54, 1.807) is 0 Å². The van der Waals surface area contributed by atoms with Crippen LogP contribution in [0.3, 0.4) is 0 Å². The summed E-state index contributed by atoms with van der Waals surface area (Å²) in [5, 5.41) is 10.7. The first-order valence-electron chi connectivity index (χ1n) is 4.55. The Bertz CT molecular complexity index is 390. The first-order valence-corrected chi connectivity index (χ1v) is 4.55. The molecule has 1 fully saturated rings. The van der Waals surface area contributed by atoms with E-state index < -0.39 is 4.92 Å². The van der Waals surface area contributed by atoms with Crippen LogP contribution in [0.25, 0.3) is 0 Å². The van der Waals surface area contributed by atoms with Gasteiger partial charge < -0.3 is 9.47 Å². The summed E-state index contributed by atoms with van der Waals surface area (Å²) in [6.45, 7) is 0. The molecule has 0 radical (unpaired) electrons. The van der Waals surface area contributed by atoms with E-state index in [-0.39, 0.29) is 17.5 Å². The maximum Gasteiger partial charge on any atom is 0.332 e. The Morgan fingerprint density at radius 1 is 1.53 bits per heavy atom. The molecule has 80 valence electrons. The molecule has 0 atom stereocenters. The highest BCUT2D eigenvalue weighted by molar-refractivity contribution is 5.53. The minimum absolute atomic E-state index is 0.141. The normalized spacial score (nSPS) is 14.7. The molecule has 0 unspecified atom stereocenters. The maximum atomic E-state index is 10.7. The third-order valence-electron chi connectivity index (χ3n) is 2.06. The van der Waals surface area contributed by atoms with E-state index >= 15 is 0 Å². The average molecular weight is 210 g/mol. The standard InChI is InChI=1S/C9H10N2O4/c1-14-9-7(11(12)13)4-10-5-8(9)15-6-2-3-6/h4-6H,2-3H2,1H3. The Kier molecular flexibility index (Phi) is 2.40. The molecular formula is C9H10N2O4. The lowest BCUT2D eigenvalue weighted by molar-refractivity contribution is -0.386. The lowest BCUT2D eigenvalue weighted by Crippen LogP contribution is -2.02. The van der Waals surface area contributed by atoms with Gasteiger partial charge in [0.1, 0.15) is 6.20 Å². The van der Waals surface area contributed by atoms with E-state index in [0.29, 0.717) is 5.75 Å². The van der Waals surface area contributed by atoms with Crippen LogP contribution in [-0.2, 0) is 0 Å². The van der Waals surface area contributed by atoms with Crippen molar-refractivity contribution in [2.24, 2.45) is 0 Å². The van der Waals surface area contributed by atoms with Crippen LogP contribution < -0.4 is 9.47 Å². The summed E-state index contributed by atoms with van der Waals surface area (Å²) in [6, 6.07) is 0. The van der Waals surface area contributed by atoms with E-state index in [0.717, 1.165) is 19.0 Å². The quantitative estimate of drug-likeness (QED) is 0.556. The van der Waals surface area contributed by atoms with Gasteiger partial charge in [-0.1, -0.05) is 0 Å². The van der Waals surface area contributed by atoms with Crippen LogP contribution in [0.4, 0.5) is 5.69 Å². The number of pyridine rings is 1. The van der Waals surface area contributed by atoms with Gasteiger partial charge in [0.2, 0.25) is 5.75 Å². The topological polar surface area (TPSA) is 74.5 Å². The molecule has 0 saturated heterocycles. The molecule has 0 bridgehead atoms. The van der Waals surface area contributed by atoms with E-state index in [4.69, 9.17) is 9.47 Å². The van der Waals surface area contributed by atoms with Gasteiger partial charge >= 0.3 is 5.69 Å². The number of rotatable bonds is 4. The molecule has 0 spiro atoms.